The van der Waals surface area contributed by atoms with E-state index in [-0.39, 0.29) is 21.1 Å². The van der Waals surface area contributed by atoms with E-state index in [1.165, 1.54) is 0 Å². The third-order valence-electron chi connectivity index (χ3n) is 1.02. The normalized spacial score (nSPS) is 9.64. The molecule has 0 aliphatic carbocycles. The van der Waals surface area contributed by atoms with E-state index in [1.807, 2.05) is 25.1 Å². The molecule has 0 bridgehead atoms. The molecular weight excluding hydrogens is 374 g/mol. The van der Waals surface area contributed by atoms with Crippen molar-refractivity contribution in [3.05, 3.63) is 34.6 Å². The van der Waals surface area contributed by atoms with E-state index in [2.05, 4.69) is 27.1 Å². The monoisotopic (exact) mass is 380 g/mol. The fraction of sp³-hybridized carbons (Fsp3) is 0.125. The Bertz CT molecular complexity index is 248. The van der Waals surface area contributed by atoms with Gasteiger partial charge in [-0.05, 0) is 16.9 Å². The van der Waals surface area contributed by atoms with Gasteiger partial charge in [-0.25, -0.2) is 0 Å². The topological polar surface area (TPSA) is 12.9 Å². The summed E-state index contributed by atoms with van der Waals surface area (Å²) in [6.07, 6.45) is 8.47. The summed E-state index contributed by atoms with van der Waals surface area (Å²) >= 11 is 3.32. The zero-order valence-electron chi connectivity index (χ0n) is 6.04. The Labute approximate surface area is 89.3 Å². The molecule has 1 aromatic rings. The van der Waals surface area contributed by atoms with Crippen molar-refractivity contribution < 1.29 is 21.1 Å². The third-order valence-corrected chi connectivity index (χ3v) is 1.45. The Morgan fingerprint density at radius 3 is 2.91 bits per heavy atom. The Morgan fingerprint density at radius 2 is 2.36 bits per heavy atom. The van der Waals surface area contributed by atoms with Crippen LogP contribution in [0.1, 0.15) is 12.5 Å². The summed E-state index contributed by atoms with van der Waals surface area (Å²) in [6, 6.07) is 1.97. The number of hydrogen-bond donors (Lipinski definition) is 0. The van der Waals surface area contributed by atoms with E-state index in [9.17, 15) is 0 Å². The van der Waals surface area contributed by atoms with Crippen LogP contribution in [0.25, 0.3) is 6.08 Å². The van der Waals surface area contributed by atoms with Gasteiger partial charge in [0.15, 0.2) is 0 Å². The van der Waals surface area contributed by atoms with Gasteiger partial charge >= 0.3 is 0 Å². The molecule has 0 amide bonds. The Hall–Kier alpha value is 0.0583. The zero-order chi connectivity index (χ0) is 7.40. The number of pyridine rings is 1. The first-order chi connectivity index (χ1) is 4.83. The second kappa shape index (κ2) is 5.68. The standard InChI is InChI=1S/C8H7BrN.W/c1-2-3-7-4-8(9)6-10-5-7;/h2-4,6H,1H3;/q-1;/b3-2+;. The molecule has 0 spiro atoms. The maximum atomic E-state index is 3.88. The maximum Gasteiger partial charge on any atom is 0 e. The van der Waals surface area contributed by atoms with Crippen LogP contribution in [0.15, 0.2) is 22.8 Å². The van der Waals surface area contributed by atoms with Crippen molar-refractivity contribution in [2.24, 2.45) is 0 Å². The number of halogens is 1. The van der Waals surface area contributed by atoms with Gasteiger partial charge in [-0.3, -0.25) is 0 Å². The zero-order valence-corrected chi connectivity index (χ0v) is 10.6. The molecule has 1 nitrogen and oxygen atoms in total. The van der Waals surface area contributed by atoms with Crippen molar-refractivity contribution in [1.82, 2.24) is 4.98 Å². The summed E-state index contributed by atoms with van der Waals surface area (Å²) in [4.78, 5) is 3.88. The summed E-state index contributed by atoms with van der Waals surface area (Å²) in [7, 11) is 0. The fourth-order valence-electron chi connectivity index (χ4n) is 0.652. The minimum absolute atomic E-state index is 0. The largest absolute Gasteiger partial charge is 0.359 e. The molecule has 0 aliphatic heterocycles. The van der Waals surface area contributed by atoms with Gasteiger partial charge in [-0.2, -0.15) is 0 Å². The van der Waals surface area contributed by atoms with Crippen LogP contribution in [0, 0.1) is 6.20 Å². The molecule has 3 heteroatoms. The summed E-state index contributed by atoms with van der Waals surface area (Å²) in [5.74, 6) is 0. The Balaban J connectivity index is 0.000001000. The smallest absolute Gasteiger partial charge is 0 e. The Morgan fingerprint density at radius 1 is 1.64 bits per heavy atom. The molecule has 1 heterocycles. The summed E-state index contributed by atoms with van der Waals surface area (Å²) in [6.45, 7) is 1.97. The quantitative estimate of drug-likeness (QED) is 0.683. The predicted molar refractivity (Wildman–Crippen MR) is 45.5 cm³/mol. The average molecular weight is 381 g/mol. The molecule has 0 saturated heterocycles. The van der Waals surface area contributed by atoms with Gasteiger partial charge in [0.1, 0.15) is 0 Å². The summed E-state index contributed by atoms with van der Waals surface area (Å²) in [5, 5.41) is 0. The molecule has 0 unspecified atom stereocenters. The molecule has 11 heavy (non-hydrogen) atoms. The van der Waals surface area contributed by atoms with Crippen LogP contribution in [-0.4, -0.2) is 4.98 Å². The maximum absolute atomic E-state index is 3.88. The predicted octanol–water partition coefficient (Wildman–Crippen LogP) is 2.67. The molecule has 1 aromatic heterocycles. The first-order valence-corrected chi connectivity index (χ1v) is 3.78. The van der Waals surface area contributed by atoms with E-state index in [4.69, 9.17) is 0 Å². The second-order valence-corrected chi connectivity index (χ2v) is 2.77. The van der Waals surface area contributed by atoms with Crippen LogP contribution in [0.4, 0.5) is 0 Å². The summed E-state index contributed by atoms with van der Waals surface area (Å²) in [5.41, 5.74) is 0.997. The van der Waals surface area contributed by atoms with E-state index in [0.717, 1.165) is 10.0 Å². The minimum Gasteiger partial charge on any atom is -0.359 e. The van der Waals surface area contributed by atoms with Crippen LogP contribution in [0.3, 0.4) is 0 Å². The average Bonchev–Trinajstić information content (AvgIpc) is 1.88. The van der Waals surface area contributed by atoms with Gasteiger partial charge in [0.25, 0.3) is 0 Å². The van der Waals surface area contributed by atoms with Gasteiger partial charge in [0, 0.05) is 21.1 Å². The van der Waals surface area contributed by atoms with Crippen molar-refractivity contribution in [2.45, 2.75) is 6.92 Å². The van der Waals surface area contributed by atoms with Crippen LogP contribution in [0.5, 0.6) is 0 Å². The van der Waals surface area contributed by atoms with Crippen molar-refractivity contribution in [3.63, 3.8) is 0 Å². The van der Waals surface area contributed by atoms with Crippen molar-refractivity contribution in [1.29, 1.82) is 0 Å². The number of aromatic nitrogens is 1. The molecule has 1 rings (SSSR count). The van der Waals surface area contributed by atoms with Crippen LogP contribution < -0.4 is 0 Å². The van der Waals surface area contributed by atoms with E-state index < -0.39 is 0 Å². The Kier molecular flexibility index (Phi) is 5.71. The summed E-state index contributed by atoms with van der Waals surface area (Å²) < 4.78 is 0.986. The van der Waals surface area contributed by atoms with Gasteiger partial charge in [0.05, 0.1) is 0 Å². The van der Waals surface area contributed by atoms with Crippen LogP contribution >= 0.6 is 15.9 Å². The van der Waals surface area contributed by atoms with Gasteiger partial charge < -0.3 is 4.98 Å². The third kappa shape index (κ3) is 3.83. The molecular formula is C8H7BrNW-. The van der Waals surface area contributed by atoms with Gasteiger partial charge in [-0.1, -0.05) is 22.9 Å². The van der Waals surface area contributed by atoms with E-state index in [0.29, 0.717) is 0 Å². The van der Waals surface area contributed by atoms with Crippen LogP contribution in [0.2, 0.25) is 0 Å². The number of nitrogens with zero attached hydrogens (tertiary/aromatic N) is 1. The molecule has 0 fully saturated rings. The van der Waals surface area contributed by atoms with Crippen LogP contribution in [-0.2, 0) is 21.1 Å². The molecule has 0 aliphatic rings. The van der Waals surface area contributed by atoms with E-state index in [1.54, 1.807) is 6.20 Å². The fourth-order valence-corrected chi connectivity index (χ4v) is 1.00. The molecule has 0 saturated carbocycles. The SMILES string of the molecule is C/C=C/c1[c-]ncc(Br)c1.[W]. The van der Waals surface area contributed by atoms with E-state index >= 15 is 0 Å². The molecule has 0 N–H and O–H groups in total. The molecule has 0 aromatic carbocycles. The number of rotatable bonds is 1. The van der Waals surface area contributed by atoms with Crippen molar-refractivity contribution in [3.8, 4) is 0 Å². The van der Waals surface area contributed by atoms with Gasteiger partial charge in [-0.15, -0.1) is 23.8 Å². The molecule has 0 radical (unpaired) electrons. The first kappa shape index (κ1) is 11.1. The number of hydrogen-bond acceptors (Lipinski definition) is 1. The van der Waals surface area contributed by atoms with Gasteiger partial charge in [0.2, 0.25) is 0 Å². The molecule has 58 valence electrons. The minimum atomic E-state index is 0. The van der Waals surface area contributed by atoms with Crippen molar-refractivity contribution in [2.75, 3.05) is 0 Å². The van der Waals surface area contributed by atoms with Crippen molar-refractivity contribution >= 4 is 22.0 Å². The second-order valence-electron chi connectivity index (χ2n) is 1.85. The molecule has 0 atom stereocenters. The first-order valence-electron chi connectivity index (χ1n) is 2.99. The number of allylic oxidation sites excluding steroid dienone is 1.